The predicted octanol–water partition coefficient (Wildman–Crippen LogP) is 4.22. The topological polar surface area (TPSA) is 29.5 Å². The fourth-order valence-corrected chi connectivity index (χ4v) is 2.13. The number of hydrogen-bond donors (Lipinski definition) is 1. The zero-order valence-electron chi connectivity index (χ0n) is 10.4. The Kier molecular flexibility index (Phi) is 4.56. The van der Waals surface area contributed by atoms with Gasteiger partial charge in [-0.2, -0.15) is 0 Å². The second-order valence-corrected chi connectivity index (χ2v) is 5.13. The van der Waals surface area contributed by atoms with Gasteiger partial charge in [-0.3, -0.25) is 0 Å². The maximum atomic E-state index is 13.0. The smallest absolute Gasteiger partial charge is 0.124 e. The minimum atomic E-state index is -0.527. The van der Waals surface area contributed by atoms with Crippen LogP contribution in [0.25, 0.3) is 0 Å². The zero-order chi connectivity index (χ0) is 13.8. The van der Waals surface area contributed by atoms with Crippen molar-refractivity contribution in [3.63, 3.8) is 0 Å². The van der Waals surface area contributed by atoms with E-state index in [0.717, 1.165) is 11.1 Å². The minimum absolute atomic E-state index is 0.285. The van der Waals surface area contributed by atoms with E-state index in [1.54, 1.807) is 19.1 Å². The van der Waals surface area contributed by atoms with E-state index < -0.39 is 6.10 Å². The zero-order valence-corrected chi connectivity index (χ0v) is 12.0. The molecule has 1 atom stereocenters. The fourth-order valence-electron chi connectivity index (χ4n) is 1.66. The molecule has 2 nitrogen and oxygen atoms in total. The summed E-state index contributed by atoms with van der Waals surface area (Å²) in [4.78, 5) is 0. The van der Waals surface area contributed by atoms with Crippen LogP contribution in [0, 0.1) is 5.82 Å². The lowest BCUT2D eigenvalue weighted by atomic mass is 10.1. The molecule has 0 unspecified atom stereocenters. The molecule has 2 aromatic carbocycles. The molecule has 2 aromatic rings. The Hall–Kier alpha value is -1.39. The summed E-state index contributed by atoms with van der Waals surface area (Å²) in [5.41, 5.74) is 1.67. The van der Waals surface area contributed by atoms with Gasteiger partial charge in [0.1, 0.15) is 18.2 Å². The van der Waals surface area contributed by atoms with Gasteiger partial charge in [0.15, 0.2) is 0 Å². The summed E-state index contributed by atoms with van der Waals surface area (Å²) in [6.07, 6.45) is -0.527. The van der Waals surface area contributed by atoms with Gasteiger partial charge in [-0.1, -0.05) is 34.1 Å². The molecule has 0 radical (unpaired) electrons. The lowest BCUT2D eigenvalue weighted by Crippen LogP contribution is -1.98. The van der Waals surface area contributed by atoms with Crippen LogP contribution in [0.1, 0.15) is 24.2 Å². The molecular weight excluding hydrogens is 311 g/mol. The van der Waals surface area contributed by atoms with Crippen LogP contribution >= 0.6 is 15.9 Å². The van der Waals surface area contributed by atoms with Crippen LogP contribution in [0.2, 0.25) is 0 Å². The summed E-state index contributed by atoms with van der Waals surface area (Å²) in [5, 5.41) is 9.50. The highest BCUT2D eigenvalue weighted by molar-refractivity contribution is 9.10. The maximum Gasteiger partial charge on any atom is 0.124 e. The Morgan fingerprint density at radius 1 is 1.26 bits per heavy atom. The second kappa shape index (κ2) is 6.17. The first kappa shape index (κ1) is 14.0. The molecule has 0 saturated carbocycles. The van der Waals surface area contributed by atoms with Crippen molar-refractivity contribution in [1.29, 1.82) is 0 Å². The molecule has 1 N–H and O–H groups in total. The molecule has 0 saturated heterocycles. The molecule has 0 amide bonds. The molecule has 4 heteroatoms. The van der Waals surface area contributed by atoms with Gasteiger partial charge >= 0.3 is 0 Å². The number of aliphatic hydroxyl groups is 1. The third-order valence-corrected chi connectivity index (χ3v) is 3.49. The largest absolute Gasteiger partial charge is 0.489 e. The van der Waals surface area contributed by atoms with Gasteiger partial charge in [-0.25, -0.2) is 4.39 Å². The molecule has 0 aliphatic carbocycles. The van der Waals surface area contributed by atoms with Crippen LogP contribution in [0.15, 0.2) is 46.9 Å². The van der Waals surface area contributed by atoms with E-state index in [0.29, 0.717) is 16.8 Å². The first-order valence-corrected chi connectivity index (χ1v) is 6.70. The van der Waals surface area contributed by atoms with Crippen molar-refractivity contribution in [2.75, 3.05) is 0 Å². The van der Waals surface area contributed by atoms with Crippen LogP contribution in [0.4, 0.5) is 4.39 Å². The molecule has 0 spiro atoms. The molecule has 2 rings (SSSR count). The molecule has 0 aliphatic heterocycles. The third-order valence-electron chi connectivity index (χ3n) is 2.75. The van der Waals surface area contributed by atoms with Crippen LogP contribution < -0.4 is 4.74 Å². The molecule has 19 heavy (non-hydrogen) atoms. The van der Waals surface area contributed by atoms with Gasteiger partial charge in [-0.15, -0.1) is 0 Å². The molecular formula is C15H14BrFO2. The van der Waals surface area contributed by atoms with Crippen molar-refractivity contribution < 1.29 is 14.2 Å². The van der Waals surface area contributed by atoms with Crippen molar-refractivity contribution >= 4 is 15.9 Å². The maximum absolute atomic E-state index is 13.0. The normalized spacial score (nSPS) is 12.2. The van der Waals surface area contributed by atoms with Gasteiger partial charge < -0.3 is 9.84 Å². The van der Waals surface area contributed by atoms with E-state index in [1.807, 2.05) is 18.2 Å². The van der Waals surface area contributed by atoms with E-state index in [1.165, 1.54) is 12.1 Å². The number of aliphatic hydroxyl groups excluding tert-OH is 1. The SMILES string of the molecule is C[C@H](O)c1cccc(OCc2ccc(F)cc2Br)c1. The summed E-state index contributed by atoms with van der Waals surface area (Å²) < 4.78 is 19.3. The number of rotatable bonds is 4. The Labute approximate surface area is 120 Å². The lowest BCUT2D eigenvalue weighted by Gasteiger charge is -2.10. The van der Waals surface area contributed by atoms with Gasteiger partial charge in [0, 0.05) is 10.0 Å². The number of ether oxygens (including phenoxy) is 1. The van der Waals surface area contributed by atoms with Gasteiger partial charge in [0.25, 0.3) is 0 Å². The molecule has 100 valence electrons. The molecule has 0 bridgehead atoms. The average Bonchev–Trinajstić information content (AvgIpc) is 2.38. The van der Waals surface area contributed by atoms with E-state index >= 15 is 0 Å². The van der Waals surface area contributed by atoms with Crippen molar-refractivity contribution in [3.05, 3.63) is 63.9 Å². The summed E-state index contributed by atoms with van der Waals surface area (Å²) in [6.45, 7) is 2.04. The molecule has 0 fully saturated rings. The van der Waals surface area contributed by atoms with E-state index in [2.05, 4.69) is 15.9 Å². The fraction of sp³-hybridized carbons (Fsp3) is 0.200. The quantitative estimate of drug-likeness (QED) is 0.912. The van der Waals surface area contributed by atoms with Crippen LogP contribution in [0.3, 0.4) is 0 Å². The summed E-state index contributed by atoms with van der Waals surface area (Å²) >= 11 is 3.30. The van der Waals surface area contributed by atoms with Gasteiger partial charge in [-0.05, 0) is 36.8 Å². The second-order valence-electron chi connectivity index (χ2n) is 4.27. The number of hydrogen-bond acceptors (Lipinski definition) is 2. The Morgan fingerprint density at radius 2 is 2.05 bits per heavy atom. The van der Waals surface area contributed by atoms with E-state index in [-0.39, 0.29) is 5.82 Å². The summed E-state index contributed by atoms with van der Waals surface area (Å²) in [5.74, 6) is 0.390. The molecule has 0 heterocycles. The lowest BCUT2D eigenvalue weighted by molar-refractivity contribution is 0.198. The summed E-state index contributed by atoms with van der Waals surface area (Å²) in [6, 6.07) is 11.8. The van der Waals surface area contributed by atoms with Crippen molar-refractivity contribution in [2.45, 2.75) is 19.6 Å². The predicted molar refractivity (Wildman–Crippen MR) is 75.5 cm³/mol. The average molecular weight is 325 g/mol. The highest BCUT2D eigenvalue weighted by atomic mass is 79.9. The monoisotopic (exact) mass is 324 g/mol. The minimum Gasteiger partial charge on any atom is -0.489 e. The van der Waals surface area contributed by atoms with Crippen LogP contribution in [0.5, 0.6) is 5.75 Å². The van der Waals surface area contributed by atoms with E-state index in [4.69, 9.17) is 4.74 Å². The third kappa shape index (κ3) is 3.78. The van der Waals surface area contributed by atoms with Gasteiger partial charge in [0.05, 0.1) is 6.10 Å². The van der Waals surface area contributed by atoms with Crippen LogP contribution in [-0.4, -0.2) is 5.11 Å². The highest BCUT2D eigenvalue weighted by Gasteiger charge is 2.05. The number of benzene rings is 2. The first-order chi connectivity index (χ1) is 9.06. The summed E-state index contributed by atoms with van der Waals surface area (Å²) in [7, 11) is 0. The van der Waals surface area contributed by atoms with Crippen molar-refractivity contribution in [2.24, 2.45) is 0 Å². The molecule has 0 aliphatic rings. The molecule has 0 aromatic heterocycles. The van der Waals surface area contributed by atoms with E-state index in [9.17, 15) is 9.50 Å². The van der Waals surface area contributed by atoms with Gasteiger partial charge in [0.2, 0.25) is 0 Å². The number of halogens is 2. The Balaban J connectivity index is 2.08. The van der Waals surface area contributed by atoms with Crippen LogP contribution in [-0.2, 0) is 6.61 Å². The van der Waals surface area contributed by atoms with Crippen molar-refractivity contribution in [1.82, 2.24) is 0 Å². The standard InChI is InChI=1S/C15H14BrFO2/c1-10(18)11-3-2-4-14(7-11)19-9-12-5-6-13(17)8-15(12)16/h2-8,10,18H,9H2,1H3/t10-/m0/s1. The Morgan fingerprint density at radius 3 is 2.74 bits per heavy atom. The highest BCUT2D eigenvalue weighted by Crippen LogP contribution is 2.22. The Bertz CT molecular complexity index is 570. The first-order valence-electron chi connectivity index (χ1n) is 5.91. The van der Waals surface area contributed by atoms with Crippen molar-refractivity contribution in [3.8, 4) is 5.75 Å².